The molecule has 8 heteroatoms. The third-order valence-corrected chi connectivity index (χ3v) is 3.12. The molecule has 2 rings (SSSR count). The van der Waals surface area contributed by atoms with E-state index < -0.39 is 9.84 Å². The third-order valence-electron chi connectivity index (χ3n) is 1.65. The van der Waals surface area contributed by atoms with Crippen LogP contribution in [0.15, 0.2) is 29.7 Å². The van der Waals surface area contributed by atoms with Crippen LogP contribution < -0.4 is 0 Å². The zero-order chi connectivity index (χ0) is 10.7. The maximum absolute atomic E-state index is 11.7. The topological polar surface area (TPSA) is 101 Å². The highest BCUT2D eigenvalue weighted by Crippen LogP contribution is 2.08. The lowest BCUT2D eigenvalue weighted by molar-refractivity contribution is 0.589. The van der Waals surface area contributed by atoms with Crippen LogP contribution >= 0.6 is 0 Å². The Kier molecular flexibility index (Phi) is 2.42. The van der Waals surface area contributed by atoms with E-state index in [-0.39, 0.29) is 16.6 Å². The van der Waals surface area contributed by atoms with Gasteiger partial charge < -0.3 is 0 Å². The molecule has 2 aromatic heterocycles. The van der Waals surface area contributed by atoms with Crippen molar-refractivity contribution < 1.29 is 8.42 Å². The molecule has 0 aliphatic carbocycles. The summed E-state index contributed by atoms with van der Waals surface area (Å²) in [7, 11) is -3.50. The van der Waals surface area contributed by atoms with Crippen molar-refractivity contribution in [3.05, 3.63) is 30.5 Å². The maximum atomic E-state index is 11.7. The van der Waals surface area contributed by atoms with Crippen LogP contribution in [0.3, 0.4) is 0 Å². The zero-order valence-electron chi connectivity index (χ0n) is 7.53. The second-order valence-corrected chi connectivity index (χ2v) is 4.67. The number of aromatic amines is 1. The van der Waals surface area contributed by atoms with Crippen molar-refractivity contribution >= 4 is 9.84 Å². The van der Waals surface area contributed by atoms with Gasteiger partial charge in [0.1, 0.15) is 11.6 Å². The Morgan fingerprint density at radius 3 is 2.60 bits per heavy atom. The van der Waals surface area contributed by atoms with Gasteiger partial charge in [-0.1, -0.05) is 0 Å². The van der Waals surface area contributed by atoms with Crippen LogP contribution in [-0.4, -0.2) is 33.8 Å². The van der Waals surface area contributed by atoms with Crippen molar-refractivity contribution in [3.8, 4) is 0 Å². The Labute approximate surface area is 85.5 Å². The number of sulfone groups is 1. The average Bonchev–Trinajstić information content (AvgIpc) is 2.71. The van der Waals surface area contributed by atoms with Gasteiger partial charge in [-0.15, -0.1) is 5.10 Å². The summed E-state index contributed by atoms with van der Waals surface area (Å²) in [5, 5.41) is 9.08. The molecule has 0 saturated heterocycles. The van der Waals surface area contributed by atoms with E-state index in [2.05, 4.69) is 25.4 Å². The van der Waals surface area contributed by atoms with Gasteiger partial charge in [0.2, 0.25) is 9.84 Å². The van der Waals surface area contributed by atoms with Gasteiger partial charge in [0.15, 0.2) is 5.03 Å². The predicted molar refractivity (Wildman–Crippen MR) is 49.3 cm³/mol. The second-order valence-electron chi connectivity index (χ2n) is 2.73. The van der Waals surface area contributed by atoms with Gasteiger partial charge in [-0.05, 0) is 6.07 Å². The van der Waals surface area contributed by atoms with Crippen LogP contribution in [0, 0.1) is 0 Å². The first-order valence-electron chi connectivity index (χ1n) is 4.03. The average molecular weight is 225 g/mol. The summed E-state index contributed by atoms with van der Waals surface area (Å²) < 4.78 is 23.3. The molecule has 0 saturated carbocycles. The molecule has 1 N–H and O–H groups in total. The molecule has 2 heterocycles. The predicted octanol–water partition coefficient (Wildman–Crippen LogP) is -0.431. The van der Waals surface area contributed by atoms with E-state index in [1.165, 1.54) is 12.4 Å². The monoisotopic (exact) mass is 225 g/mol. The Morgan fingerprint density at radius 2 is 2.00 bits per heavy atom. The van der Waals surface area contributed by atoms with E-state index in [9.17, 15) is 8.42 Å². The van der Waals surface area contributed by atoms with Crippen LogP contribution in [0.2, 0.25) is 0 Å². The highest BCUT2D eigenvalue weighted by Gasteiger charge is 2.19. The second kappa shape index (κ2) is 3.73. The van der Waals surface area contributed by atoms with E-state index in [0.717, 1.165) is 6.20 Å². The first-order valence-corrected chi connectivity index (χ1v) is 5.68. The largest absolute Gasteiger partial charge is 0.240 e. The summed E-state index contributed by atoms with van der Waals surface area (Å²) in [6.45, 7) is 0. The summed E-state index contributed by atoms with van der Waals surface area (Å²) in [5.74, 6) is -0.0408. The van der Waals surface area contributed by atoms with E-state index in [4.69, 9.17) is 0 Å². The van der Waals surface area contributed by atoms with Crippen LogP contribution in [-0.2, 0) is 15.6 Å². The smallest absolute Gasteiger partial charge is 0.206 e. The Morgan fingerprint density at radius 1 is 1.27 bits per heavy atom. The number of hydrogen-bond donors (Lipinski definition) is 1. The lowest BCUT2D eigenvalue weighted by atomic mass is 10.6. The van der Waals surface area contributed by atoms with E-state index in [1.807, 2.05) is 0 Å². The van der Waals surface area contributed by atoms with Crippen LogP contribution in [0.25, 0.3) is 0 Å². The van der Waals surface area contributed by atoms with Crippen molar-refractivity contribution in [2.45, 2.75) is 10.8 Å². The van der Waals surface area contributed by atoms with Crippen molar-refractivity contribution in [1.82, 2.24) is 25.4 Å². The molecule has 0 atom stereocenters. The summed E-state index contributed by atoms with van der Waals surface area (Å²) in [6.07, 6.45) is 4.12. The minimum absolute atomic E-state index is 0.102. The number of nitrogens with one attached hydrogen (secondary N) is 1. The van der Waals surface area contributed by atoms with Gasteiger partial charge in [0.05, 0.1) is 6.20 Å². The molecular weight excluding hydrogens is 218 g/mol. The van der Waals surface area contributed by atoms with Crippen molar-refractivity contribution in [2.75, 3.05) is 0 Å². The van der Waals surface area contributed by atoms with E-state index >= 15 is 0 Å². The lowest BCUT2D eigenvalue weighted by Gasteiger charge is -1.97. The molecule has 0 spiro atoms. The Hall–Kier alpha value is -1.83. The molecule has 2 aromatic rings. The molecule has 0 bridgehead atoms. The fourth-order valence-corrected chi connectivity index (χ4v) is 2.02. The van der Waals surface area contributed by atoms with Gasteiger partial charge in [0.25, 0.3) is 0 Å². The van der Waals surface area contributed by atoms with Gasteiger partial charge in [-0.3, -0.25) is 0 Å². The molecule has 0 aromatic carbocycles. The molecule has 0 unspecified atom stereocenters. The molecular formula is C7H7N5O2S. The molecule has 0 aliphatic rings. The minimum Gasteiger partial charge on any atom is -0.240 e. The Balaban J connectivity index is 2.27. The molecule has 78 valence electrons. The molecule has 15 heavy (non-hydrogen) atoms. The summed E-state index contributed by atoms with van der Waals surface area (Å²) >= 11 is 0. The van der Waals surface area contributed by atoms with Crippen LogP contribution in [0.1, 0.15) is 5.82 Å². The SMILES string of the molecule is O=S(=O)(Cc1ncccn1)c1cn[nH]n1. The molecule has 0 aliphatic heterocycles. The highest BCUT2D eigenvalue weighted by atomic mass is 32.2. The quantitative estimate of drug-likeness (QED) is 0.760. The van der Waals surface area contributed by atoms with Crippen molar-refractivity contribution in [3.63, 3.8) is 0 Å². The van der Waals surface area contributed by atoms with Crippen molar-refractivity contribution in [1.29, 1.82) is 0 Å². The molecule has 0 fully saturated rings. The van der Waals surface area contributed by atoms with Gasteiger partial charge >= 0.3 is 0 Å². The molecule has 0 radical (unpaired) electrons. The highest BCUT2D eigenvalue weighted by molar-refractivity contribution is 7.90. The maximum Gasteiger partial charge on any atom is 0.206 e. The van der Waals surface area contributed by atoms with Crippen molar-refractivity contribution in [2.24, 2.45) is 0 Å². The summed E-state index contributed by atoms with van der Waals surface area (Å²) in [4.78, 5) is 7.65. The number of aromatic nitrogens is 5. The van der Waals surface area contributed by atoms with Gasteiger partial charge in [0, 0.05) is 12.4 Å². The van der Waals surface area contributed by atoms with Crippen LogP contribution in [0.4, 0.5) is 0 Å². The van der Waals surface area contributed by atoms with E-state index in [1.54, 1.807) is 6.07 Å². The normalized spacial score (nSPS) is 11.5. The van der Waals surface area contributed by atoms with Gasteiger partial charge in [-0.25, -0.2) is 18.4 Å². The third kappa shape index (κ3) is 2.15. The first-order chi connectivity index (χ1) is 7.18. The number of H-pyrrole nitrogens is 1. The standard InChI is InChI=1S/C7H7N5O2S/c13-15(14,7-4-10-12-11-7)5-6-8-2-1-3-9-6/h1-4H,5H2,(H,10,11,12). The number of rotatable bonds is 3. The lowest BCUT2D eigenvalue weighted by Crippen LogP contribution is -2.08. The number of hydrogen-bond acceptors (Lipinski definition) is 6. The fraction of sp³-hybridized carbons (Fsp3) is 0.143. The summed E-state index contributed by atoms with van der Waals surface area (Å²) in [5.41, 5.74) is 0. The fourth-order valence-electron chi connectivity index (χ4n) is 0.989. The first kappa shape index (κ1) is 9.71. The Bertz CT molecular complexity index is 522. The number of nitrogens with zero attached hydrogens (tertiary/aromatic N) is 4. The molecule has 7 nitrogen and oxygen atoms in total. The summed E-state index contributed by atoms with van der Waals surface area (Å²) in [6, 6.07) is 1.62. The molecule has 0 amide bonds. The van der Waals surface area contributed by atoms with E-state index in [0.29, 0.717) is 0 Å². The minimum atomic E-state index is -3.50. The van der Waals surface area contributed by atoms with Gasteiger partial charge in [-0.2, -0.15) is 10.3 Å². The van der Waals surface area contributed by atoms with Crippen LogP contribution in [0.5, 0.6) is 0 Å². The zero-order valence-corrected chi connectivity index (χ0v) is 8.35.